The normalized spacial score (nSPS) is 30.0. The number of Topliss-reactive ketones (excluding diaryl/α,β-unsaturated/α-hetero) is 2. The molecule has 3 rings (SSSR count). The van der Waals surface area contributed by atoms with Gasteiger partial charge < -0.3 is 5.73 Å². The molecule has 1 aromatic carbocycles. The summed E-state index contributed by atoms with van der Waals surface area (Å²) in [5, 5.41) is -0.354. The van der Waals surface area contributed by atoms with Gasteiger partial charge >= 0.3 is 0 Å². The van der Waals surface area contributed by atoms with Crippen LogP contribution < -0.4 is 11.3 Å². The van der Waals surface area contributed by atoms with Crippen LogP contribution in [0.2, 0.25) is 0 Å². The molecule has 1 aliphatic rings. The molecule has 0 spiro atoms. The minimum Gasteiger partial charge on any atom is -0.398 e. The first-order chi connectivity index (χ1) is 12.9. The number of nitrogens with zero attached hydrogens (tertiary/aromatic N) is 2. The second-order valence-corrected chi connectivity index (χ2v) is 4.56. The first kappa shape index (κ1) is 7.49. The Morgan fingerprint density at radius 1 is 1.52 bits per heavy atom. The Morgan fingerprint density at radius 2 is 2.33 bits per heavy atom. The molecule has 2 atom stereocenters. The van der Waals surface area contributed by atoms with Crippen molar-refractivity contribution in [3.8, 4) is 0 Å². The highest BCUT2D eigenvalue weighted by Crippen LogP contribution is 2.24. The molecule has 0 aliphatic heterocycles. The Kier molecular flexibility index (Phi) is 1.71. The quantitative estimate of drug-likeness (QED) is 0.628. The van der Waals surface area contributed by atoms with E-state index in [0.717, 1.165) is 6.07 Å². The summed E-state index contributed by atoms with van der Waals surface area (Å²) in [6.07, 6.45) is -5.50. The second-order valence-electron chi connectivity index (χ2n) is 4.56. The van der Waals surface area contributed by atoms with Crippen LogP contribution >= 0.6 is 0 Å². The van der Waals surface area contributed by atoms with Gasteiger partial charge in [0.15, 0.2) is 5.78 Å². The summed E-state index contributed by atoms with van der Waals surface area (Å²) in [6, 6.07) is -1.73. The number of hydrogen-bond acceptors (Lipinski definition) is 5. The molecule has 21 heavy (non-hydrogen) atoms. The smallest absolute Gasteiger partial charge is 0.264 e. The zero-order chi connectivity index (χ0) is 21.1. The van der Waals surface area contributed by atoms with Crippen LogP contribution in [0.15, 0.2) is 22.9 Å². The number of rotatable bonds is 1. The molecule has 2 N–H and O–H groups in total. The third-order valence-corrected chi connectivity index (χ3v) is 3.16. The lowest BCUT2D eigenvalue weighted by Gasteiger charge is -2.24. The molecule has 6 heteroatoms. The van der Waals surface area contributed by atoms with E-state index in [0.29, 0.717) is 4.57 Å². The maximum Gasteiger partial charge on any atom is 0.264 e. The largest absolute Gasteiger partial charge is 0.398 e. The number of carbonyl (C=O) groups excluding carboxylic acids is 2. The van der Waals surface area contributed by atoms with Gasteiger partial charge in [0.25, 0.3) is 5.56 Å². The molecule has 0 amide bonds. The number of carbonyl (C=O) groups is 2. The van der Waals surface area contributed by atoms with Crippen molar-refractivity contribution in [3.63, 3.8) is 0 Å². The molecular formula is C15H15N3O3. The third-order valence-electron chi connectivity index (χ3n) is 3.16. The van der Waals surface area contributed by atoms with Gasteiger partial charge in [-0.15, -0.1) is 0 Å². The highest BCUT2D eigenvalue weighted by Gasteiger charge is 2.30. The van der Waals surface area contributed by atoms with E-state index < -0.39 is 61.1 Å². The minimum atomic E-state index is -2.79. The lowest BCUT2D eigenvalue weighted by atomic mass is 9.92. The highest BCUT2D eigenvalue weighted by atomic mass is 16.2. The van der Waals surface area contributed by atoms with Crippen LogP contribution in [0.25, 0.3) is 10.9 Å². The number of aromatic nitrogens is 2. The van der Waals surface area contributed by atoms with Crippen LogP contribution in [-0.2, 0) is 9.59 Å². The number of anilines is 1. The van der Waals surface area contributed by atoms with Crippen molar-refractivity contribution in [2.24, 2.45) is 0 Å². The fourth-order valence-corrected chi connectivity index (χ4v) is 2.21. The van der Waals surface area contributed by atoms with Crippen LogP contribution in [0.3, 0.4) is 0 Å². The summed E-state index contributed by atoms with van der Waals surface area (Å²) in [7, 11) is 0. The zero-order valence-corrected chi connectivity index (χ0v) is 10.7. The average molecular weight is 292 g/mol. The molecule has 6 nitrogen and oxygen atoms in total. The Bertz CT molecular complexity index is 1080. The Labute approximate surface area is 130 Å². The van der Waals surface area contributed by atoms with Crippen molar-refractivity contribution in [2.45, 2.75) is 32.1 Å². The van der Waals surface area contributed by atoms with Crippen LogP contribution in [0.5, 0.6) is 0 Å². The number of benzene rings is 1. The van der Waals surface area contributed by atoms with E-state index >= 15 is 0 Å². The minimum absolute atomic E-state index is 0.234. The predicted molar refractivity (Wildman–Crippen MR) is 78.1 cm³/mol. The van der Waals surface area contributed by atoms with Crippen molar-refractivity contribution in [1.29, 1.82) is 0 Å². The standard InChI is InChI=1S/C15H15N3O3/c1-8-17-11-4-2-3-10(16)14(11)15(21)18(8)12-6-5-9(19)7-13(12)20/h2-4,12H,5-7,16H2,1H3/i1D2,2D,4D,5D,6D2. The molecule has 1 fully saturated rings. The summed E-state index contributed by atoms with van der Waals surface area (Å²) in [4.78, 5) is 41.3. The maximum atomic E-state index is 13.1. The molecule has 1 aromatic heterocycles. The van der Waals surface area contributed by atoms with Gasteiger partial charge in [-0.05, 0) is 25.4 Å². The predicted octanol–water partition coefficient (Wildman–Crippen LogP) is 1.15. The zero-order valence-electron chi connectivity index (χ0n) is 17.7. The second kappa shape index (κ2) is 4.80. The van der Waals surface area contributed by atoms with E-state index in [1.807, 2.05) is 0 Å². The lowest BCUT2D eigenvalue weighted by molar-refractivity contribution is -0.132. The first-order valence-corrected chi connectivity index (χ1v) is 6.03. The van der Waals surface area contributed by atoms with E-state index in [4.69, 9.17) is 15.3 Å². The van der Waals surface area contributed by atoms with Crippen LogP contribution in [-0.4, -0.2) is 21.1 Å². The fraction of sp³-hybridized carbons (Fsp3) is 0.333. The van der Waals surface area contributed by atoms with Gasteiger partial charge in [0.2, 0.25) is 0 Å². The highest BCUT2D eigenvalue weighted by molar-refractivity contribution is 6.03. The summed E-state index contributed by atoms with van der Waals surface area (Å²) in [5.41, 5.74) is 4.14. The Morgan fingerprint density at radius 3 is 3.10 bits per heavy atom. The van der Waals surface area contributed by atoms with Gasteiger partial charge in [-0.25, -0.2) is 4.98 Å². The lowest BCUT2D eigenvalue weighted by Crippen LogP contribution is -2.36. The topological polar surface area (TPSA) is 95.0 Å². The monoisotopic (exact) mass is 292 g/mol. The van der Waals surface area contributed by atoms with Crippen LogP contribution in [0.4, 0.5) is 5.69 Å². The number of nitrogens with two attached hydrogens (primary N) is 1. The summed E-state index contributed by atoms with van der Waals surface area (Å²) >= 11 is 0. The molecule has 0 bridgehead atoms. The van der Waals surface area contributed by atoms with Crippen molar-refractivity contribution in [3.05, 3.63) is 34.3 Å². The van der Waals surface area contributed by atoms with E-state index in [1.54, 1.807) is 0 Å². The van der Waals surface area contributed by atoms with Crippen LogP contribution in [0, 0.1) is 6.88 Å². The number of fused-ring (bicyclic) bond motifs is 1. The number of ketones is 2. The van der Waals surface area contributed by atoms with Crippen LogP contribution in [0.1, 0.15) is 40.7 Å². The summed E-state index contributed by atoms with van der Waals surface area (Å²) in [6.45, 7) is -1.95. The molecule has 0 saturated heterocycles. The van der Waals surface area contributed by atoms with Gasteiger partial charge in [0.1, 0.15) is 11.6 Å². The molecule has 2 unspecified atom stereocenters. The summed E-state index contributed by atoms with van der Waals surface area (Å²) < 4.78 is 55.4. The van der Waals surface area contributed by atoms with Gasteiger partial charge in [-0.3, -0.25) is 19.0 Å². The van der Waals surface area contributed by atoms with Crippen molar-refractivity contribution < 1.29 is 19.2 Å². The van der Waals surface area contributed by atoms with E-state index in [2.05, 4.69) is 4.98 Å². The average Bonchev–Trinajstić information content (AvgIpc) is 2.58. The van der Waals surface area contributed by atoms with Gasteiger partial charge in [0, 0.05) is 18.9 Å². The first-order valence-electron chi connectivity index (χ1n) is 9.76. The van der Waals surface area contributed by atoms with Gasteiger partial charge in [0.05, 0.1) is 26.1 Å². The van der Waals surface area contributed by atoms with E-state index in [9.17, 15) is 14.4 Å². The molecule has 1 saturated carbocycles. The number of hydrogen-bond donors (Lipinski definition) is 1. The molecule has 2 aromatic rings. The molecule has 1 heterocycles. The maximum absolute atomic E-state index is 13.1. The fourth-order valence-electron chi connectivity index (χ4n) is 2.21. The Hall–Kier alpha value is -2.50. The SMILES string of the molecule is [2H]c1cc(N)c2c(=O)n(C3C(=O)CC(=O)C([2H])C3([2H])[2H])c(C([2H])[2H])nc2c1[2H]. The molecule has 1 aliphatic carbocycles. The molecule has 0 radical (unpaired) electrons. The number of nitrogen functional groups attached to an aromatic ring is 1. The number of aryl methyl sites for hydroxylation is 1. The third kappa shape index (κ3) is 2.12. The van der Waals surface area contributed by atoms with Gasteiger partial charge in [-0.1, -0.05) is 6.04 Å². The van der Waals surface area contributed by atoms with Gasteiger partial charge in [-0.2, -0.15) is 0 Å². The van der Waals surface area contributed by atoms with E-state index in [-0.39, 0.29) is 22.6 Å². The van der Waals surface area contributed by atoms with Crippen molar-refractivity contribution >= 4 is 28.2 Å². The molecule has 108 valence electrons. The van der Waals surface area contributed by atoms with Crippen molar-refractivity contribution in [1.82, 2.24) is 9.55 Å². The molecular weight excluding hydrogens is 270 g/mol. The van der Waals surface area contributed by atoms with E-state index in [1.165, 1.54) is 0 Å². The van der Waals surface area contributed by atoms with Crippen molar-refractivity contribution in [2.75, 3.05) is 5.73 Å². The summed E-state index contributed by atoms with van der Waals surface area (Å²) in [5.74, 6) is -2.56. The Balaban J connectivity index is 2.46.